The summed E-state index contributed by atoms with van der Waals surface area (Å²) in [6, 6.07) is 23.5. The Morgan fingerprint density at radius 3 is 2.11 bits per heavy atom. The Bertz CT molecular complexity index is 1160. The van der Waals surface area contributed by atoms with Crippen LogP contribution in [0.2, 0.25) is 0 Å². The average Bonchev–Trinajstić information content (AvgIpc) is 2.91. The fourth-order valence-corrected chi connectivity index (χ4v) is 4.35. The Kier molecular flexibility index (Phi) is 7.88. The molecular weight excluding hydrogens is 445 g/mol. The predicted molar refractivity (Wildman–Crippen MR) is 131 cm³/mol. The first-order chi connectivity index (χ1) is 17.0. The van der Waals surface area contributed by atoms with Crippen LogP contribution in [0.1, 0.15) is 39.1 Å². The van der Waals surface area contributed by atoms with Gasteiger partial charge in [0.1, 0.15) is 11.9 Å². The van der Waals surface area contributed by atoms with Gasteiger partial charge in [-0.05, 0) is 48.6 Å². The highest BCUT2D eigenvalue weighted by atomic mass is 19.1. The maximum atomic E-state index is 14.1. The quantitative estimate of drug-likeness (QED) is 0.548. The van der Waals surface area contributed by atoms with E-state index in [1.165, 1.54) is 12.1 Å². The number of piperidine rings is 1. The molecule has 0 aliphatic carbocycles. The second-order valence-electron chi connectivity index (χ2n) is 8.63. The molecule has 4 rings (SSSR count). The molecule has 0 aromatic heterocycles. The first kappa shape index (κ1) is 24.1. The van der Waals surface area contributed by atoms with Gasteiger partial charge < -0.3 is 15.5 Å². The highest BCUT2D eigenvalue weighted by molar-refractivity contribution is 5.97. The fourth-order valence-electron chi connectivity index (χ4n) is 4.35. The molecule has 1 atom stereocenters. The van der Waals surface area contributed by atoms with E-state index >= 15 is 0 Å². The van der Waals surface area contributed by atoms with E-state index in [9.17, 15) is 18.8 Å². The number of nitrogens with zero attached hydrogens (tertiary/aromatic N) is 1. The van der Waals surface area contributed by atoms with Crippen molar-refractivity contribution in [3.05, 3.63) is 107 Å². The van der Waals surface area contributed by atoms with Gasteiger partial charge in [-0.2, -0.15) is 0 Å². The van der Waals surface area contributed by atoms with Crippen LogP contribution in [-0.2, 0) is 11.3 Å². The standard InChI is InChI=1S/C28H28FN3O3/c29-24-14-8-7-13-23(24)28(35)32-17-15-21(16-18-32)25(31-26(33)22-11-5-2-6-12-22)27(34)30-19-20-9-3-1-4-10-20/h1-14,21,25H,15-19H2,(H,30,34)(H,31,33)/t25-/m1/s1. The molecule has 1 saturated heterocycles. The molecule has 3 aromatic rings. The van der Waals surface area contributed by atoms with Crippen LogP contribution >= 0.6 is 0 Å². The van der Waals surface area contributed by atoms with Crippen LogP contribution in [0.15, 0.2) is 84.9 Å². The minimum atomic E-state index is -0.753. The number of likely N-dealkylation sites (tertiary alicyclic amines) is 1. The van der Waals surface area contributed by atoms with E-state index in [2.05, 4.69) is 10.6 Å². The second kappa shape index (κ2) is 11.4. The zero-order chi connectivity index (χ0) is 24.6. The van der Waals surface area contributed by atoms with Gasteiger partial charge in [-0.3, -0.25) is 14.4 Å². The monoisotopic (exact) mass is 473 g/mol. The lowest BCUT2D eigenvalue weighted by atomic mass is 9.88. The Balaban J connectivity index is 1.44. The number of hydrogen-bond donors (Lipinski definition) is 2. The summed E-state index contributed by atoms with van der Waals surface area (Å²) in [7, 11) is 0. The summed E-state index contributed by atoms with van der Waals surface area (Å²) in [5.41, 5.74) is 1.47. The molecule has 6 nitrogen and oxygen atoms in total. The number of nitrogens with one attached hydrogen (secondary N) is 2. The van der Waals surface area contributed by atoms with Gasteiger partial charge in [-0.1, -0.05) is 60.7 Å². The van der Waals surface area contributed by atoms with Gasteiger partial charge >= 0.3 is 0 Å². The van der Waals surface area contributed by atoms with Crippen LogP contribution in [-0.4, -0.2) is 41.8 Å². The number of amides is 3. The molecule has 1 aliphatic heterocycles. The van der Waals surface area contributed by atoms with Gasteiger partial charge in [-0.25, -0.2) is 4.39 Å². The third-order valence-electron chi connectivity index (χ3n) is 6.32. The molecule has 2 N–H and O–H groups in total. The van der Waals surface area contributed by atoms with Crippen molar-refractivity contribution in [3.8, 4) is 0 Å². The van der Waals surface area contributed by atoms with E-state index < -0.39 is 11.9 Å². The number of rotatable bonds is 7. The Labute approximate surface area is 204 Å². The fraction of sp³-hybridized carbons (Fsp3) is 0.250. The molecule has 0 bridgehead atoms. The minimum absolute atomic E-state index is 0.0421. The zero-order valence-electron chi connectivity index (χ0n) is 19.3. The molecule has 0 saturated carbocycles. The van der Waals surface area contributed by atoms with Crippen molar-refractivity contribution in [1.82, 2.24) is 15.5 Å². The van der Waals surface area contributed by atoms with Gasteiger partial charge in [0.2, 0.25) is 5.91 Å². The Morgan fingerprint density at radius 2 is 1.46 bits per heavy atom. The van der Waals surface area contributed by atoms with Crippen molar-refractivity contribution in [2.24, 2.45) is 5.92 Å². The lowest BCUT2D eigenvalue weighted by Crippen LogP contribution is -2.53. The highest BCUT2D eigenvalue weighted by Crippen LogP contribution is 2.23. The predicted octanol–water partition coefficient (Wildman–Crippen LogP) is 3.79. The van der Waals surface area contributed by atoms with Crippen LogP contribution < -0.4 is 10.6 Å². The number of carbonyl (C=O) groups is 3. The third-order valence-corrected chi connectivity index (χ3v) is 6.32. The maximum Gasteiger partial charge on any atom is 0.256 e. The highest BCUT2D eigenvalue weighted by Gasteiger charge is 2.34. The van der Waals surface area contributed by atoms with Crippen molar-refractivity contribution < 1.29 is 18.8 Å². The van der Waals surface area contributed by atoms with E-state index in [-0.39, 0.29) is 29.2 Å². The van der Waals surface area contributed by atoms with Crippen molar-refractivity contribution >= 4 is 17.7 Å². The number of benzene rings is 3. The summed E-state index contributed by atoms with van der Waals surface area (Å²) in [4.78, 5) is 40.5. The van der Waals surface area contributed by atoms with Gasteiger partial charge in [0.05, 0.1) is 5.56 Å². The molecule has 0 unspecified atom stereocenters. The SMILES string of the molecule is O=C(N[C@@H](C(=O)NCc1ccccc1)C1CCN(C(=O)c2ccccc2F)CC1)c1ccccc1. The zero-order valence-corrected chi connectivity index (χ0v) is 19.3. The molecule has 1 aliphatic rings. The first-order valence-electron chi connectivity index (χ1n) is 11.7. The maximum absolute atomic E-state index is 14.1. The molecule has 3 aromatic carbocycles. The van der Waals surface area contributed by atoms with E-state index in [4.69, 9.17) is 0 Å². The normalized spacial score (nSPS) is 14.7. The Morgan fingerprint density at radius 1 is 0.857 bits per heavy atom. The summed E-state index contributed by atoms with van der Waals surface area (Å²) >= 11 is 0. The van der Waals surface area contributed by atoms with Crippen molar-refractivity contribution in [2.45, 2.75) is 25.4 Å². The molecular formula is C28H28FN3O3. The molecule has 1 heterocycles. The summed E-state index contributed by atoms with van der Waals surface area (Å²) < 4.78 is 14.1. The second-order valence-corrected chi connectivity index (χ2v) is 8.63. The van der Waals surface area contributed by atoms with Crippen molar-refractivity contribution in [2.75, 3.05) is 13.1 Å². The first-order valence-corrected chi connectivity index (χ1v) is 11.7. The lowest BCUT2D eigenvalue weighted by molar-refractivity contribution is -0.124. The summed E-state index contributed by atoms with van der Waals surface area (Å²) in [6.45, 7) is 1.10. The molecule has 7 heteroatoms. The smallest absolute Gasteiger partial charge is 0.256 e. The van der Waals surface area contributed by atoms with Crippen LogP contribution in [0.5, 0.6) is 0 Å². The summed E-state index contributed by atoms with van der Waals surface area (Å²) in [5, 5.41) is 5.85. The summed E-state index contributed by atoms with van der Waals surface area (Å²) in [5.74, 6) is -1.66. The third kappa shape index (κ3) is 6.12. The number of hydrogen-bond acceptors (Lipinski definition) is 3. The van der Waals surface area contributed by atoms with E-state index in [1.54, 1.807) is 41.3 Å². The van der Waals surface area contributed by atoms with Gasteiger partial charge in [0.25, 0.3) is 11.8 Å². The van der Waals surface area contributed by atoms with Gasteiger partial charge in [-0.15, -0.1) is 0 Å². The molecule has 35 heavy (non-hydrogen) atoms. The van der Waals surface area contributed by atoms with Crippen LogP contribution in [0.4, 0.5) is 4.39 Å². The molecule has 3 amide bonds. The van der Waals surface area contributed by atoms with Crippen molar-refractivity contribution in [3.63, 3.8) is 0 Å². The van der Waals surface area contributed by atoms with E-state index in [0.29, 0.717) is 38.0 Å². The number of carbonyl (C=O) groups excluding carboxylic acids is 3. The minimum Gasteiger partial charge on any atom is -0.350 e. The number of halogens is 1. The van der Waals surface area contributed by atoms with Crippen LogP contribution in [0, 0.1) is 11.7 Å². The average molecular weight is 474 g/mol. The molecule has 0 spiro atoms. The van der Waals surface area contributed by atoms with E-state index in [1.807, 2.05) is 36.4 Å². The van der Waals surface area contributed by atoms with Crippen molar-refractivity contribution in [1.29, 1.82) is 0 Å². The van der Waals surface area contributed by atoms with Gasteiger partial charge in [0, 0.05) is 25.2 Å². The Hall–Kier alpha value is -4.00. The van der Waals surface area contributed by atoms with Gasteiger partial charge in [0.15, 0.2) is 0 Å². The lowest BCUT2D eigenvalue weighted by Gasteiger charge is -2.36. The molecule has 1 fully saturated rings. The topological polar surface area (TPSA) is 78.5 Å². The molecule has 180 valence electrons. The largest absolute Gasteiger partial charge is 0.350 e. The van der Waals surface area contributed by atoms with E-state index in [0.717, 1.165) is 5.56 Å². The van der Waals surface area contributed by atoms with Crippen LogP contribution in [0.3, 0.4) is 0 Å². The molecule has 0 radical (unpaired) electrons. The summed E-state index contributed by atoms with van der Waals surface area (Å²) in [6.07, 6.45) is 1.03. The van der Waals surface area contributed by atoms with Crippen LogP contribution in [0.25, 0.3) is 0 Å².